The highest BCUT2D eigenvalue weighted by Crippen LogP contribution is 2.22. The third-order valence-corrected chi connectivity index (χ3v) is 3.05. The summed E-state index contributed by atoms with van der Waals surface area (Å²) >= 11 is 0. The number of carbonyl (C=O) groups is 1. The van der Waals surface area contributed by atoms with Gasteiger partial charge in [-0.05, 0) is 18.6 Å². The number of amides is 2. The minimum Gasteiger partial charge on any atom is -0.354 e. The van der Waals surface area contributed by atoms with Crippen molar-refractivity contribution < 1.29 is 9.32 Å². The number of pyridine rings is 1. The van der Waals surface area contributed by atoms with Gasteiger partial charge in [-0.2, -0.15) is 0 Å². The van der Waals surface area contributed by atoms with Crippen LogP contribution < -0.4 is 10.6 Å². The van der Waals surface area contributed by atoms with Gasteiger partial charge in [0.25, 0.3) is 0 Å². The SMILES string of the molecule is Cc1cccnc1NC(=O)Nc1cc(-c2ccccc2)on1. The van der Waals surface area contributed by atoms with Crippen LogP contribution in [-0.4, -0.2) is 16.2 Å². The number of hydrogen-bond donors (Lipinski definition) is 2. The van der Waals surface area contributed by atoms with Gasteiger partial charge in [0.15, 0.2) is 11.6 Å². The van der Waals surface area contributed by atoms with Crippen molar-refractivity contribution in [1.82, 2.24) is 10.1 Å². The molecule has 0 saturated carbocycles. The Balaban J connectivity index is 1.68. The van der Waals surface area contributed by atoms with Crippen LogP contribution in [0.15, 0.2) is 59.3 Å². The van der Waals surface area contributed by atoms with E-state index in [-0.39, 0.29) is 0 Å². The van der Waals surface area contributed by atoms with E-state index in [0.29, 0.717) is 17.4 Å². The molecule has 2 N–H and O–H groups in total. The second-order valence-corrected chi connectivity index (χ2v) is 4.69. The first-order valence-electron chi connectivity index (χ1n) is 6.74. The average molecular weight is 294 g/mol. The normalized spacial score (nSPS) is 10.2. The molecule has 2 amide bonds. The predicted octanol–water partition coefficient (Wildman–Crippen LogP) is 3.69. The van der Waals surface area contributed by atoms with Crippen molar-refractivity contribution in [2.75, 3.05) is 10.6 Å². The number of hydrogen-bond acceptors (Lipinski definition) is 4. The van der Waals surface area contributed by atoms with Gasteiger partial charge in [-0.3, -0.25) is 10.6 Å². The van der Waals surface area contributed by atoms with Gasteiger partial charge in [-0.25, -0.2) is 9.78 Å². The van der Waals surface area contributed by atoms with Crippen molar-refractivity contribution in [3.8, 4) is 11.3 Å². The fraction of sp³-hybridized carbons (Fsp3) is 0.0625. The molecule has 3 aromatic rings. The summed E-state index contributed by atoms with van der Waals surface area (Å²) in [6.07, 6.45) is 1.62. The van der Waals surface area contributed by atoms with Crippen molar-refractivity contribution in [2.45, 2.75) is 6.92 Å². The second-order valence-electron chi connectivity index (χ2n) is 4.69. The summed E-state index contributed by atoms with van der Waals surface area (Å²) in [5.41, 5.74) is 1.77. The molecule has 3 rings (SSSR count). The average Bonchev–Trinajstić information content (AvgIpc) is 2.99. The maximum Gasteiger partial charge on any atom is 0.326 e. The van der Waals surface area contributed by atoms with Crippen LogP contribution in [0.25, 0.3) is 11.3 Å². The molecule has 0 aliphatic carbocycles. The summed E-state index contributed by atoms with van der Waals surface area (Å²) < 4.78 is 5.22. The topological polar surface area (TPSA) is 80.0 Å². The highest BCUT2D eigenvalue weighted by molar-refractivity contribution is 5.99. The molecule has 0 bridgehead atoms. The summed E-state index contributed by atoms with van der Waals surface area (Å²) in [4.78, 5) is 16.0. The first-order chi connectivity index (χ1) is 10.7. The Morgan fingerprint density at radius 3 is 2.68 bits per heavy atom. The highest BCUT2D eigenvalue weighted by Gasteiger charge is 2.10. The van der Waals surface area contributed by atoms with Gasteiger partial charge in [0.2, 0.25) is 0 Å². The highest BCUT2D eigenvalue weighted by atomic mass is 16.5. The number of aromatic nitrogens is 2. The summed E-state index contributed by atoms with van der Waals surface area (Å²) in [6.45, 7) is 1.87. The van der Waals surface area contributed by atoms with Crippen molar-refractivity contribution in [3.63, 3.8) is 0 Å². The fourth-order valence-corrected chi connectivity index (χ4v) is 1.94. The van der Waals surface area contributed by atoms with Crippen LogP contribution in [0.1, 0.15) is 5.56 Å². The Morgan fingerprint density at radius 2 is 1.91 bits per heavy atom. The minimum absolute atomic E-state index is 0.338. The molecule has 6 heteroatoms. The molecular formula is C16H14N4O2. The minimum atomic E-state index is -0.422. The number of aryl methyl sites for hydroxylation is 1. The molecule has 2 heterocycles. The van der Waals surface area contributed by atoms with Crippen LogP contribution >= 0.6 is 0 Å². The van der Waals surface area contributed by atoms with Crippen LogP contribution in [0.3, 0.4) is 0 Å². The first kappa shape index (κ1) is 13.8. The maximum atomic E-state index is 11.9. The zero-order valence-corrected chi connectivity index (χ0v) is 11.9. The third kappa shape index (κ3) is 3.12. The molecule has 0 saturated heterocycles. The molecule has 0 unspecified atom stereocenters. The van der Waals surface area contributed by atoms with E-state index in [9.17, 15) is 4.79 Å². The number of nitrogens with zero attached hydrogens (tertiary/aromatic N) is 2. The van der Waals surface area contributed by atoms with E-state index in [2.05, 4.69) is 20.8 Å². The molecule has 1 aromatic carbocycles. The molecule has 0 atom stereocenters. The molecule has 0 spiro atoms. The summed E-state index contributed by atoms with van der Waals surface area (Å²) in [5.74, 6) is 1.43. The van der Waals surface area contributed by atoms with E-state index in [1.807, 2.05) is 49.4 Å². The maximum absolute atomic E-state index is 11.9. The smallest absolute Gasteiger partial charge is 0.326 e. The number of rotatable bonds is 3. The fourth-order valence-electron chi connectivity index (χ4n) is 1.94. The number of anilines is 2. The summed E-state index contributed by atoms with van der Waals surface area (Å²) in [6, 6.07) is 14.5. The quantitative estimate of drug-likeness (QED) is 0.772. The van der Waals surface area contributed by atoms with Gasteiger partial charge in [0.05, 0.1) is 0 Å². The van der Waals surface area contributed by atoms with Crippen molar-refractivity contribution in [1.29, 1.82) is 0 Å². The van der Waals surface area contributed by atoms with Crippen LogP contribution in [0.2, 0.25) is 0 Å². The van der Waals surface area contributed by atoms with E-state index in [4.69, 9.17) is 4.52 Å². The second kappa shape index (κ2) is 6.09. The Hall–Kier alpha value is -3.15. The van der Waals surface area contributed by atoms with Crippen LogP contribution in [-0.2, 0) is 0 Å². The Labute approximate surface area is 127 Å². The Kier molecular flexibility index (Phi) is 3.82. The summed E-state index contributed by atoms with van der Waals surface area (Å²) in [5, 5.41) is 9.11. The van der Waals surface area contributed by atoms with Crippen LogP contribution in [0.4, 0.5) is 16.4 Å². The summed E-state index contributed by atoms with van der Waals surface area (Å²) in [7, 11) is 0. The van der Waals surface area contributed by atoms with Gasteiger partial charge >= 0.3 is 6.03 Å². The largest absolute Gasteiger partial charge is 0.354 e. The lowest BCUT2D eigenvalue weighted by molar-refractivity contribution is 0.262. The number of urea groups is 1. The van der Waals surface area contributed by atoms with E-state index >= 15 is 0 Å². The van der Waals surface area contributed by atoms with Gasteiger partial charge < -0.3 is 4.52 Å². The number of carbonyl (C=O) groups excluding carboxylic acids is 1. The van der Waals surface area contributed by atoms with E-state index in [1.54, 1.807) is 12.3 Å². The molecule has 0 aliphatic rings. The van der Waals surface area contributed by atoms with Crippen LogP contribution in [0, 0.1) is 6.92 Å². The lowest BCUT2D eigenvalue weighted by atomic mass is 10.2. The van der Waals surface area contributed by atoms with Gasteiger partial charge in [-0.1, -0.05) is 41.6 Å². The molecule has 0 fully saturated rings. The van der Waals surface area contributed by atoms with Crippen molar-refractivity contribution in [3.05, 3.63) is 60.3 Å². The van der Waals surface area contributed by atoms with E-state index in [1.165, 1.54) is 0 Å². The van der Waals surface area contributed by atoms with Gasteiger partial charge in [0, 0.05) is 17.8 Å². The standard InChI is InChI=1S/C16H14N4O2/c1-11-6-5-9-17-15(11)19-16(21)18-14-10-13(22-20-14)12-7-3-2-4-8-12/h2-10H,1H3,(H2,17,18,19,20,21). The monoisotopic (exact) mass is 294 g/mol. The van der Waals surface area contributed by atoms with Crippen LogP contribution in [0.5, 0.6) is 0 Å². The third-order valence-electron chi connectivity index (χ3n) is 3.05. The zero-order chi connectivity index (χ0) is 15.4. The van der Waals surface area contributed by atoms with Gasteiger partial charge in [0.1, 0.15) is 5.82 Å². The van der Waals surface area contributed by atoms with E-state index < -0.39 is 6.03 Å². The van der Waals surface area contributed by atoms with Gasteiger partial charge in [-0.15, -0.1) is 0 Å². The van der Waals surface area contributed by atoms with Crippen molar-refractivity contribution >= 4 is 17.7 Å². The van der Waals surface area contributed by atoms with Crippen molar-refractivity contribution in [2.24, 2.45) is 0 Å². The zero-order valence-electron chi connectivity index (χ0n) is 11.9. The Bertz CT molecular complexity index is 784. The van der Waals surface area contributed by atoms with E-state index in [0.717, 1.165) is 11.1 Å². The molecule has 110 valence electrons. The lowest BCUT2D eigenvalue weighted by Gasteiger charge is -2.06. The lowest BCUT2D eigenvalue weighted by Crippen LogP contribution is -2.20. The first-order valence-corrected chi connectivity index (χ1v) is 6.74. The molecule has 0 aliphatic heterocycles. The number of nitrogens with one attached hydrogen (secondary N) is 2. The molecule has 2 aromatic heterocycles. The molecular weight excluding hydrogens is 280 g/mol. The molecule has 6 nitrogen and oxygen atoms in total. The molecule has 22 heavy (non-hydrogen) atoms. The number of benzene rings is 1. The Morgan fingerprint density at radius 1 is 1.09 bits per heavy atom. The molecule has 0 radical (unpaired) electrons. The predicted molar refractivity (Wildman–Crippen MR) is 83.6 cm³/mol.